The lowest BCUT2D eigenvalue weighted by Crippen LogP contribution is -2.53. The molecule has 126 valence electrons. The highest BCUT2D eigenvalue weighted by Crippen LogP contribution is 2.17. The molecule has 0 aliphatic carbocycles. The van der Waals surface area contributed by atoms with Crippen molar-refractivity contribution in [3.05, 3.63) is 53.1 Å². The predicted molar refractivity (Wildman–Crippen MR) is 100 cm³/mol. The molecule has 5 nitrogen and oxygen atoms in total. The molecule has 3 rings (SSSR count). The molecule has 1 amide bonds. The number of anilines is 2. The van der Waals surface area contributed by atoms with Crippen LogP contribution < -0.4 is 10.2 Å². The molecule has 1 saturated heterocycles. The lowest BCUT2D eigenvalue weighted by Gasteiger charge is -2.37. The number of aromatic nitrogens is 1. The summed E-state index contributed by atoms with van der Waals surface area (Å²) in [6.45, 7) is 5.43. The lowest BCUT2D eigenvalue weighted by atomic mass is 10.2. The van der Waals surface area contributed by atoms with E-state index in [0.717, 1.165) is 42.2 Å². The van der Waals surface area contributed by atoms with E-state index in [4.69, 9.17) is 0 Å². The van der Waals surface area contributed by atoms with Crippen LogP contribution in [0.15, 0.2) is 53.1 Å². The summed E-state index contributed by atoms with van der Waals surface area (Å²) in [4.78, 5) is 21.3. The molecular weight excluding hydrogens is 368 g/mol. The Balaban J connectivity index is 1.53. The molecule has 24 heavy (non-hydrogen) atoms. The summed E-state index contributed by atoms with van der Waals surface area (Å²) >= 11 is 3.40. The third-order valence-corrected chi connectivity index (χ3v) is 4.86. The molecule has 1 aliphatic heterocycles. The first-order chi connectivity index (χ1) is 11.6. The van der Waals surface area contributed by atoms with E-state index in [2.05, 4.69) is 36.0 Å². The van der Waals surface area contributed by atoms with Gasteiger partial charge in [-0.05, 0) is 43.3 Å². The third-order valence-electron chi connectivity index (χ3n) is 4.33. The number of carbonyl (C=O) groups excluding carboxylic acids is 1. The second kappa shape index (κ2) is 7.77. The van der Waals surface area contributed by atoms with Gasteiger partial charge in [0, 0.05) is 42.5 Å². The fraction of sp³-hybridized carbons (Fsp3) is 0.333. The molecule has 0 bridgehead atoms. The number of rotatable bonds is 4. The normalized spacial score (nSPS) is 16.7. The van der Waals surface area contributed by atoms with Crippen molar-refractivity contribution in [1.29, 1.82) is 0 Å². The molecule has 0 radical (unpaired) electrons. The van der Waals surface area contributed by atoms with Crippen molar-refractivity contribution < 1.29 is 4.79 Å². The zero-order valence-corrected chi connectivity index (χ0v) is 15.2. The Bertz CT molecular complexity index is 669. The quantitative estimate of drug-likeness (QED) is 0.874. The summed E-state index contributed by atoms with van der Waals surface area (Å²) in [7, 11) is 0. The molecule has 1 aliphatic rings. The summed E-state index contributed by atoms with van der Waals surface area (Å²) in [5.74, 6) is 1.03. The van der Waals surface area contributed by atoms with E-state index in [1.807, 2.05) is 55.6 Å². The molecule has 1 aromatic carbocycles. The van der Waals surface area contributed by atoms with E-state index in [9.17, 15) is 4.79 Å². The second-order valence-corrected chi connectivity index (χ2v) is 6.80. The number of benzene rings is 1. The first-order valence-electron chi connectivity index (χ1n) is 8.10. The van der Waals surface area contributed by atoms with Crippen LogP contribution in [0.25, 0.3) is 0 Å². The smallest absolute Gasteiger partial charge is 0.241 e. The van der Waals surface area contributed by atoms with Gasteiger partial charge in [0.1, 0.15) is 5.82 Å². The van der Waals surface area contributed by atoms with Gasteiger partial charge in [0.15, 0.2) is 0 Å². The molecular formula is C18H21BrN4O. The summed E-state index contributed by atoms with van der Waals surface area (Å²) in [5, 5.41) is 2.98. The highest BCUT2D eigenvalue weighted by molar-refractivity contribution is 9.10. The van der Waals surface area contributed by atoms with Gasteiger partial charge in [-0.15, -0.1) is 0 Å². The van der Waals surface area contributed by atoms with Crippen LogP contribution in [0.5, 0.6) is 0 Å². The number of carbonyl (C=O) groups is 1. The SMILES string of the molecule is C[C@H](C(=O)Nc1ccc(Br)cc1)N1CCN(c2ccccn2)CC1. The van der Waals surface area contributed by atoms with Crippen LogP contribution >= 0.6 is 15.9 Å². The summed E-state index contributed by atoms with van der Waals surface area (Å²) in [5.41, 5.74) is 0.821. The maximum atomic E-state index is 12.5. The number of nitrogens with zero attached hydrogens (tertiary/aromatic N) is 3. The van der Waals surface area contributed by atoms with Crippen LogP contribution in [0.4, 0.5) is 11.5 Å². The average molecular weight is 389 g/mol. The maximum Gasteiger partial charge on any atom is 0.241 e. The summed E-state index contributed by atoms with van der Waals surface area (Å²) < 4.78 is 0.999. The van der Waals surface area contributed by atoms with Gasteiger partial charge in [-0.1, -0.05) is 22.0 Å². The Labute approximate surface area is 150 Å². The Kier molecular flexibility index (Phi) is 5.48. The highest BCUT2D eigenvalue weighted by atomic mass is 79.9. The Hall–Kier alpha value is -1.92. The minimum Gasteiger partial charge on any atom is -0.354 e. The number of nitrogens with one attached hydrogen (secondary N) is 1. The van der Waals surface area contributed by atoms with E-state index in [1.54, 1.807) is 0 Å². The van der Waals surface area contributed by atoms with Crippen molar-refractivity contribution in [3.63, 3.8) is 0 Å². The van der Waals surface area contributed by atoms with Crippen LogP contribution in [0.1, 0.15) is 6.92 Å². The van der Waals surface area contributed by atoms with Gasteiger partial charge >= 0.3 is 0 Å². The molecule has 0 spiro atoms. The molecule has 6 heteroatoms. The third kappa shape index (κ3) is 4.13. The number of hydrogen-bond donors (Lipinski definition) is 1. The Morgan fingerprint density at radius 1 is 1.12 bits per heavy atom. The number of pyridine rings is 1. The van der Waals surface area contributed by atoms with E-state index in [-0.39, 0.29) is 11.9 Å². The molecule has 1 fully saturated rings. The van der Waals surface area contributed by atoms with E-state index in [1.165, 1.54) is 0 Å². The van der Waals surface area contributed by atoms with Crippen LogP contribution in [0, 0.1) is 0 Å². The van der Waals surface area contributed by atoms with E-state index in [0.29, 0.717) is 0 Å². The van der Waals surface area contributed by atoms with Crippen LogP contribution in [-0.2, 0) is 4.79 Å². The van der Waals surface area contributed by atoms with Gasteiger partial charge in [0.25, 0.3) is 0 Å². The number of piperazine rings is 1. The molecule has 0 saturated carbocycles. The van der Waals surface area contributed by atoms with Crippen LogP contribution in [0.3, 0.4) is 0 Å². The van der Waals surface area contributed by atoms with Gasteiger partial charge in [0.2, 0.25) is 5.91 Å². The minimum absolute atomic E-state index is 0.0311. The molecule has 1 aromatic heterocycles. The molecule has 1 atom stereocenters. The van der Waals surface area contributed by atoms with Gasteiger partial charge in [0.05, 0.1) is 6.04 Å². The first kappa shape index (κ1) is 16.9. The summed E-state index contributed by atoms with van der Waals surface area (Å²) in [6, 6.07) is 13.4. The molecule has 1 N–H and O–H groups in total. The van der Waals surface area contributed by atoms with Gasteiger partial charge < -0.3 is 10.2 Å². The maximum absolute atomic E-state index is 12.5. The Morgan fingerprint density at radius 3 is 2.46 bits per heavy atom. The molecule has 2 heterocycles. The largest absolute Gasteiger partial charge is 0.354 e. The van der Waals surface area contributed by atoms with Crippen molar-refractivity contribution in [1.82, 2.24) is 9.88 Å². The molecule has 0 unspecified atom stereocenters. The van der Waals surface area contributed by atoms with E-state index < -0.39 is 0 Å². The Morgan fingerprint density at radius 2 is 1.83 bits per heavy atom. The van der Waals surface area contributed by atoms with Crippen molar-refractivity contribution in [2.75, 3.05) is 36.4 Å². The first-order valence-corrected chi connectivity index (χ1v) is 8.89. The lowest BCUT2D eigenvalue weighted by molar-refractivity contribution is -0.120. The molecule has 2 aromatic rings. The van der Waals surface area contributed by atoms with Gasteiger partial charge in [-0.3, -0.25) is 9.69 Å². The monoisotopic (exact) mass is 388 g/mol. The van der Waals surface area contributed by atoms with Gasteiger partial charge in [-0.2, -0.15) is 0 Å². The van der Waals surface area contributed by atoms with E-state index >= 15 is 0 Å². The minimum atomic E-state index is -0.153. The fourth-order valence-corrected chi connectivity index (χ4v) is 3.09. The zero-order valence-electron chi connectivity index (χ0n) is 13.7. The van der Waals surface area contributed by atoms with Gasteiger partial charge in [-0.25, -0.2) is 4.98 Å². The number of halogens is 1. The van der Waals surface area contributed by atoms with Crippen molar-refractivity contribution in [2.45, 2.75) is 13.0 Å². The highest BCUT2D eigenvalue weighted by Gasteiger charge is 2.26. The van der Waals surface area contributed by atoms with Crippen molar-refractivity contribution >= 4 is 33.3 Å². The van der Waals surface area contributed by atoms with Crippen molar-refractivity contribution in [3.8, 4) is 0 Å². The number of amides is 1. The number of hydrogen-bond acceptors (Lipinski definition) is 4. The predicted octanol–water partition coefficient (Wildman–Crippen LogP) is 2.99. The fourth-order valence-electron chi connectivity index (χ4n) is 2.82. The van der Waals surface area contributed by atoms with Crippen LogP contribution in [0.2, 0.25) is 0 Å². The topological polar surface area (TPSA) is 48.5 Å². The standard InChI is InChI=1S/C18H21BrN4O/c1-14(18(24)21-16-7-5-15(19)6-8-16)22-10-12-23(13-11-22)17-4-2-3-9-20-17/h2-9,14H,10-13H2,1H3,(H,21,24)/t14-/m1/s1. The zero-order chi connectivity index (χ0) is 16.9. The second-order valence-electron chi connectivity index (χ2n) is 5.88. The van der Waals surface area contributed by atoms with Crippen LogP contribution in [-0.4, -0.2) is 48.0 Å². The van der Waals surface area contributed by atoms with Crippen molar-refractivity contribution in [2.24, 2.45) is 0 Å². The average Bonchev–Trinajstić information content (AvgIpc) is 2.64. The summed E-state index contributed by atoms with van der Waals surface area (Å²) in [6.07, 6.45) is 1.82.